The molecule has 6 N–H and O–H groups in total. The molecule has 1 aliphatic rings. The molecule has 11 heteroatoms. The number of hydrogen-bond acceptors (Lipinski definition) is 10. The molecule has 0 bridgehead atoms. The van der Waals surface area contributed by atoms with E-state index in [9.17, 15) is 35.1 Å². The number of aliphatic hydroxyl groups excluding tert-OH is 5. The molecule has 76 heavy (non-hydrogen) atoms. The van der Waals surface area contributed by atoms with Crippen LogP contribution in [0.2, 0.25) is 0 Å². The number of amides is 1. The highest BCUT2D eigenvalue weighted by molar-refractivity contribution is 5.80. The van der Waals surface area contributed by atoms with Crippen LogP contribution in [-0.2, 0) is 23.8 Å². The standard InChI is InChI=1S/C65H119NO10/c1-4-7-10-13-16-19-22-25-27-28-29-30-31-32-33-35-38-41-44-47-50-53-60(70)76-63-62(72)61(71)59(54-67)75-65(63)74-55-56(57(68)51-48-45-42-39-36-24-21-18-15-12-9-6-3)66-64(73)58(69)52-49-46-43-40-37-34-26-23-20-17-14-11-8-5-2/h8,11,14,17,20,23,48,51,56-59,61-63,65,67-69,71-72H,4-7,9-10,12-13,15-16,18-19,21-22,24-47,49-50,52-55H2,1-3H3,(H,66,73)/b11-8+,17-14+,23-20+,51-48+. The van der Waals surface area contributed by atoms with Crippen LogP contribution in [0.4, 0.5) is 0 Å². The van der Waals surface area contributed by atoms with E-state index in [0.717, 1.165) is 83.5 Å². The topological polar surface area (TPSA) is 175 Å². The summed E-state index contributed by atoms with van der Waals surface area (Å²) >= 11 is 0. The Morgan fingerprint density at radius 2 is 0.947 bits per heavy atom. The maximum atomic E-state index is 13.4. The number of carbonyl (C=O) groups excluding carboxylic acids is 2. The predicted octanol–water partition coefficient (Wildman–Crippen LogP) is 15.2. The van der Waals surface area contributed by atoms with Crippen LogP contribution in [0, 0.1) is 0 Å². The molecule has 0 aromatic heterocycles. The van der Waals surface area contributed by atoms with E-state index in [4.69, 9.17) is 14.2 Å². The number of nitrogens with one attached hydrogen (secondary N) is 1. The van der Waals surface area contributed by atoms with Crippen LogP contribution in [0.3, 0.4) is 0 Å². The van der Waals surface area contributed by atoms with Crippen LogP contribution < -0.4 is 5.32 Å². The van der Waals surface area contributed by atoms with Crippen LogP contribution >= 0.6 is 0 Å². The molecule has 1 fully saturated rings. The van der Waals surface area contributed by atoms with Gasteiger partial charge in [-0.2, -0.15) is 0 Å². The van der Waals surface area contributed by atoms with E-state index in [-0.39, 0.29) is 19.4 Å². The minimum absolute atomic E-state index is 0.126. The van der Waals surface area contributed by atoms with Crippen LogP contribution in [0.15, 0.2) is 48.6 Å². The summed E-state index contributed by atoms with van der Waals surface area (Å²) in [6.45, 7) is 5.67. The first-order valence-electron chi connectivity index (χ1n) is 31.9. The average molecular weight is 1070 g/mol. The highest BCUT2D eigenvalue weighted by Crippen LogP contribution is 2.26. The molecule has 1 heterocycles. The molecule has 1 rings (SSSR count). The van der Waals surface area contributed by atoms with Crippen molar-refractivity contribution in [2.45, 2.75) is 339 Å². The lowest BCUT2D eigenvalue weighted by Gasteiger charge is -2.41. The van der Waals surface area contributed by atoms with Gasteiger partial charge in [-0.3, -0.25) is 9.59 Å². The third kappa shape index (κ3) is 40.8. The summed E-state index contributed by atoms with van der Waals surface area (Å²) in [6, 6.07) is -1.03. The molecule has 11 nitrogen and oxygen atoms in total. The van der Waals surface area contributed by atoms with Crippen molar-refractivity contribution in [3.8, 4) is 0 Å². The second kappa shape index (κ2) is 53.3. The van der Waals surface area contributed by atoms with Gasteiger partial charge in [-0.05, 0) is 44.9 Å². The van der Waals surface area contributed by atoms with Gasteiger partial charge in [-0.25, -0.2) is 0 Å². The summed E-state index contributed by atoms with van der Waals surface area (Å²) in [7, 11) is 0. The molecular formula is C65H119NO10. The number of rotatable bonds is 54. The minimum Gasteiger partial charge on any atom is -0.454 e. The predicted molar refractivity (Wildman–Crippen MR) is 315 cm³/mol. The largest absolute Gasteiger partial charge is 0.454 e. The second-order valence-electron chi connectivity index (χ2n) is 22.2. The Bertz CT molecular complexity index is 1420. The first-order valence-corrected chi connectivity index (χ1v) is 31.9. The van der Waals surface area contributed by atoms with Gasteiger partial charge in [-0.1, -0.05) is 288 Å². The van der Waals surface area contributed by atoms with E-state index in [1.807, 2.05) is 12.2 Å². The van der Waals surface area contributed by atoms with E-state index in [0.29, 0.717) is 12.8 Å². The Morgan fingerprint density at radius 1 is 0.526 bits per heavy atom. The van der Waals surface area contributed by atoms with Gasteiger partial charge in [-0.15, -0.1) is 0 Å². The number of carbonyl (C=O) groups is 2. The van der Waals surface area contributed by atoms with Crippen LogP contribution in [0.5, 0.6) is 0 Å². The van der Waals surface area contributed by atoms with E-state index in [2.05, 4.69) is 56.5 Å². The van der Waals surface area contributed by atoms with Gasteiger partial charge in [0.1, 0.15) is 24.4 Å². The van der Waals surface area contributed by atoms with E-state index >= 15 is 0 Å². The van der Waals surface area contributed by atoms with Crippen molar-refractivity contribution >= 4 is 11.9 Å². The second-order valence-corrected chi connectivity index (χ2v) is 22.2. The van der Waals surface area contributed by atoms with Gasteiger partial charge in [0.2, 0.25) is 5.91 Å². The lowest BCUT2D eigenvalue weighted by Crippen LogP contribution is -2.61. The SMILES string of the molecule is CC/C=C/C=C/C=C/CCCCCCCCC(O)C(=O)NC(COC1OC(CO)C(O)C(O)C1OC(=O)CCCCCCCCCCCCCCCCCCCCCCC)C(O)/C=C/CCCCCCCCCCCC. The van der Waals surface area contributed by atoms with Gasteiger partial charge in [0.25, 0.3) is 0 Å². The summed E-state index contributed by atoms with van der Waals surface area (Å²) in [5.74, 6) is -1.20. The molecule has 0 radical (unpaired) electrons. The maximum absolute atomic E-state index is 13.4. The third-order valence-electron chi connectivity index (χ3n) is 15.1. The van der Waals surface area contributed by atoms with Crippen molar-refractivity contribution in [1.82, 2.24) is 5.32 Å². The van der Waals surface area contributed by atoms with Crippen molar-refractivity contribution in [2.75, 3.05) is 13.2 Å². The van der Waals surface area contributed by atoms with E-state index in [1.165, 1.54) is 161 Å². The first-order chi connectivity index (χ1) is 37.2. The fourth-order valence-corrected chi connectivity index (χ4v) is 10.0. The molecule has 0 spiro atoms. The van der Waals surface area contributed by atoms with Gasteiger partial charge < -0.3 is 45.1 Å². The zero-order chi connectivity index (χ0) is 55.4. The molecule has 0 saturated carbocycles. The lowest BCUT2D eigenvalue weighted by atomic mass is 9.99. The Hall–Kier alpha value is -2.38. The van der Waals surface area contributed by atoms with Crippen LogP contribution in [-0.4, -0.2) is 99.6 Å². The van der Waals surface area contributed by atoms with Gasteiger partial charge >= 0.3 is 5.97 Å². The van der Waals surface area contributed by atoms with Crippen molar-refractivity contribution in [2.24, 2.45) is 0 Å². The summed E-state index contributed by atoms with van der Waals surface area (Å²) < 4.78 is 17.6. The van der Waals surface area contributed by atoms with Crippen LogP contribution in [0.25, 0.3) is 0 Å². The zero-order valence-corrected chi connectivity index (χ0v) is 49.1. The molecule has 0 aliphatic carbocycles. The smallest absolute Gasteiger partial charge is 0.306 e. The van der Waals surface area contributed by atoms with Gasteiger partial charge in [0, 0.05) is 6.42 Å². The molecule has 444 valence electrons. The molecule has 8 unspecified atom stereocenters. The van der Waals surface area contributed by atoms with Crippen molar-refractivity contribution in [1.29, 1.82) is 0 Å². The zero-order valence-electron chi connectivity index (χ0n) is 49.1. The highest BCUT2D eigenvalue weighted by Gasteiger charge is 2.47. The van der Waals surface area contributed by atoms with Crippen molar-refractivity contribution < 1.29 is 49.3 Å². The molecular weight excluding hydrogens is 955 g/mol. The molecule has 8 atom stereocenters. The van der Waals surface area contributed by atoms with Gasteiger partial charge in [0.15, 0.2) is 12.4 Å². The van der Waals surface area contributed by atoms with Crippen LogP contribution in [0.1, 0.15) is 290 Å². The van der Waals surface area contributed by atoms with Gasteiger partial charge in [0.05, 0.1) is 25.4 Å². The Balaban J connectivity index is 2.63. The fraction of sp³-hybridized carbons (Fsp3) is 0.846. The molecule has 1 aliphatic heterocycles. The van der Waals surface area contributed by atoms with E-state index < -0.39 is 67.4 Å². The normalized spacial score (nSPS) is 19.4. The first kappa shape index (κ1) is 71.6. The Morgan fingerprint density at radius 3 is 1.41 bits per heavy atom. The number of esters is 1. The van der Waals surface area contributed by atoms with Crippen molar-refractivity contribution in [3.05, 3.63) is 48.6 Å². The molecule has 1 saturated heterocycles. The monoisotopic (exact) mass is 1070 g/mol. The summed E-state index contributed by atoms with van der Waals surface area (Å²) in [6.07, 6.45) is 54.4. The number of unbranched alkanes of at least 4 members (excludes halogenated alkanes) is 36. The molecule has 0 aromatic rings. The lowest BCUT2D eigenvalue weighted by molar-refractivity contribution is -0.305. The number of aliphatic hydroxyl groups is 5. The molecule has 1 amide bonds. The quantitative estimate of drug-likeness (QED) is 0.0149. The van der Waals surface area contributed by atoms with Crippen molar-refractivity contribution in [3.63, 3.8) is 0 Å². The number of hydrogen-bond donors (Lipinski definition) is 6. The number of allylic oxidation sites excluding steroid dienone is 7. The molecule has 0 aromatic carbocycles. The average Bonchev–Trinajstić information content (AvgIpc) is 3.42. The summed E-state index contributed by atoms with van der Waals surface area (Å²) in [5.41, 5.74) is 0. The Labute approximate surface area is 466 Å². The summed E-state index contributed by atoms with van der Waals surface area (Å²) in [4.78, 5) is 26.5. The highest BCUT2D eigenvalue weighted by atomic mass is 16.7. The third-order valence-corrected chi connectivity index (χ3v) is 15.1. The summed E-state index contributed by atoms with van der Waals surface area (Å²) in [5, 5.41) is 57.0. The Kier molecular flexibility index (Phi) is 50.2. The fourth-order valence-electron chi connectivity index (χ4n) is 10.0. The maximum Gasteiger partial charge on any atom is 0.306 e. The van der Waals surface area contributed by atoms with E-state index in [1.54, 1.807) is 6.08 Å². The minimum atomic E-state index is -1.61. The number of ether oxygens (including phenoxy) is 3.